The lowest BCUT2D eigenvalue weighted by Gasteiger charge is -2.24. The molecule has 1 saturated heterocycles. The summed E-state index contributed by atoms with van der Waals surface area (Å²) in [5.41, 5.74) is 1.56. The molecule has 0 spiro atoms. The molecule has 1 unspecified atom stereocenters. The van der Waals surface area contributed by atoms with Crippen molar-refractivity contribution >= 4 is 33.2 Å². The Kier molecular flexibility index (Phi) is 4.12. The van der Waals surface area contributed by atoms with Crippen molar-refractivity contribution in [3.05, 3.63) is 59.7 Å². The van der Waals surface area contributed by atoms with E-state index in [2.05, 4.69) is 0 Å². The Bertz CT molecular complexity index is 1090. The van der Waals surface area contributed by atoms with Crippen molar-refractivity contribution in [2.24, 2.45) is 5.41 Å². The first-order valence-corrected chi connectivity index (χ1v) is 10.8. The van der Waals surface area contributed by atoms with E-state index in [0.29, 0.717) is 5.56 Å². The number of sulfonamides is 1. The molecule has 7 heteroatoms. The van der Waals surface area contributed by atoms with Gasteiger partial charge < -0.3 is 4.90 Å². The first kappa shape index (κ1) is 18.7. The average molecular weight is 398 g/mol. The van der Waals surface area contributed by atoms with Crippen LogP contribution in [0.2, 0.25) is 0 Å². The molecule has 146 valence electrons. The number of nitrogens with zero attached hydrogens (tertiary/aromatic N) is 2. The smallest absolute Gasteiger partial charge is 0.258 e. The molecule has 0 aliphatic carbocycles. The van der Waals surface area contributed by atoms with E-state index in [1.54, 1.807) is 36.9 Å². The third-order valence-electron chi connectivity index (χ3n) is 5.34. The van der Waals surface area contributed by atoms with Gasteiger partial charge in [-0.05, 0) is 57.0 Å². The minimum atomic E-state index is -3.76. The summed E-state index contributed by atoms with van der Waals surface area (Å²) < 4.78 is 25.9. The van der Waals surface area contributed by atoms with E-state index in [-0.39, 0.29) is 23.4 Å². The summed E-state index contributed by atoms with van der Waals surface area (Å²) in [5.74, 6) is -0.923. The second-order valence-electron chi connectivity index (χ2n) is 8.12. The fourth-order valence-corrected chi connectivity index (χ4v) is 6.14. The molecule has 0 aromatic heterocycles. The molecule has 2 aliphatic rings. The van der Waals surface area contributed by atoms with Gasteiger partial charge in [0, 0.05) is 17.3 Å². The van der Waals surface area contributed by atoms with Crippen LogP contribution < -0.4 is 9.21 Å². The van der Waals surface area contributed by atoms with Gasteiger partial charge in [0.1, 0.15) is 0 Å². The fraction of sp³-hybridized carbons (Fsp3) is 0.333. The van der Waals surface area contributed by atoms with Crippen molar-refractivity contribution in [1.82, 2.24) is 0 Å². The standard InChI is InChI=1S/C21H22N2O4S/c1-14-11-15-7-4-5-10-18(15)22(14)19(24)16-8-6-9-17(12-16)23-20(25)21(2,3)13-28(23,26)27/h4-10,12,14H,11,13H2,1-3H3. The zero-order chi connectivity index (χ0) is 20.3. The number of carbonyl (C=O) groups excluding carboxylic acids is 2. The zero-order valence-corrected chi connectivity index (χ0v) is 16.9. The van der Waals surface area contributed by atoms with Crippen LogP contribution in [-0.2, 0) is 21.2 Å². The molecule has 4 rings (SSSR count). The summed E-state index contributed by atoms with van der Waals surface area (Å²) in [6.45, 7) is 5.22. The molecule has 0 saturated carbocycles. The minimum Gasteiger partial charge on any atom is -0.305 e. The number of hydrogen-bond acceptors (Lipinski definition) is 4. The van der Waals surface area contributed by atoms with Crippen molar-refractivity contribution in [3.8, 4) is 0 Å². The Morgan fingerprint density at radius 2 is 1.82 bits per heavy atom. The first-order chi connectivity index (χ1) is 13.1. The van der Waals surface area contributed by atoms with Gasteiger partial charge in [-0.15, -0.1) is 0 Å². The maximum Gasteiger partial charge on any atom is 0.258 e. The van der Waals surface area contributed by atoms with E-state index in [1.807, 2.05) is 31.2 Å². The van der Waals surface area contributed by atoms with Crippen LogP contribution in [0.3, 0.4) is 0 Å². The van der Waals surface area contributed by atoms with Crippen LogP contribution in [0.1, 0.15) is 36.7 Å². The van der Waals surface area contributed by atoms with Gasteiger partial charge in [0.15, 0.2) is 0 Å². The summed E-state index contributed by atoms with van der Waals surface area (Å²) in [6.07, 6.45) is 0.773. The summed E-state index contributed by atoms with van der Waals surface area (Å²) >= 11 is 0. The van der Waals surface area contributed by atoms with Gasteiger partial charge in [-0.25, -0.2) is 12.7 Å². The van der Waals surface area contributed by atoms with E-state index in [9.17, 15) is 18.0 Å². The van der Waals surface area contributed by atoms with Crippen molar-refractivity contribution in [2.75, 3.05) is 15.0 Å². The van der Waals surface area contributed by atoms with Crippen LogP contribution in [0.5, 0.6) is 0 Å². The maximum absolute atomic E-state index is 13.2. The molecule has 2 heterocycles. The van der Waals surface area contributed by atoms with Crippen LogP contribution in [-0.4, -0.2) is 32.0 Å². The monoisotopic (exact) mass is 398 g/mol. The Hall–Kier alpha value is -2.67. The largest absolute Gasteiger partial charge is 0.305 e. The molecular formula is C21H22N2O4S. The van der Waals surface area contributed by atoms with Crippen molar-refractivity contribution in [3.63, 3.8) is 0 Å². The number of rotatable bonds is 2. The normalized spacial score (nSPS) is 22.4. The molecule has 1 fully saturated rings. The fourth-order valence-electron chi connectivity index (χ4n) is 4.04. The molecule has 2 aromatic rings. The molecule has 1 atom stereocenters. The average Bonchev–Trinajstić information content (AvgIpc) is 3.03. The van der Waals surface area contributed by atoms with Crippen LogP contribution in [0.25, 0.3) is 0 Å². The van der Waals surface area contributed by atoms with Gasteiger partial charge in [0.25, 0.3) is 5.91 Å². The molecule has 0 radical (unpaired) electrons. The number of amides is 2. The van der Waals surface area contributed by atoms with Crippen LogP contribution in [0.4, 0.5) is 11.4 Å². The van der Waals surface area contributed by atoms with Crippen molar-refractivity contribution < 1.29 is 18.0 Å². The van der Waals surface area contributed by atoms with Gasteiger partial charge in [0.2, 0.25) is 15.9 Å². The Labute approximate surface area is 164 Å². The molecule has 2 amide bonds. The summed E-state index contributed by atoms with van der Waals surface area (Å²) in [5, 5.41) is 0. The highest BCUT2D eigenvalue weighted by Crippen LogP contribution is 2.37. The predicted molar refractivity (Wildman–Crippen MR) is 108 cm³/mol. The molecule has 6 nitrogen and oxygen atoms in total. The quantitative estimate of drug-likeness (QED) is 0.779. The number of anilines is 2. The molecule has 2 aliphatic heterocycles. The van der Waals surface area contributed by atoms with Crippen LogP contribution >= 0.6 is 0 Å². The molecule has 0 N–H and O–H groups in total. The van der Waals surface area contributed by atoms with Gasteiger partial charge >= 0.3 is 0 Å². The topological polar surface area (TPSA) is 74.8 Å². The lowest BCUT2D eigenvalue weighted by atomic mass is 9.95. The highest BCUT2D eigenvalue weighted by atomic mass is 32.2. The lowest BCUT2D eigenvalue weighted by Crippen LogP contribution is -2.36. The zero-order valence-electron chi connectivity index (χ0n) is 16.0. The van der Waals surface area contributed by atoms with E-state index >= 15 is 0 Å². The minimum absolute atomic E-state index is 0.00430. The van der Waals surface area contributed by atoms with E-state index in [1.165, 1.54) is 6.07 Å². The first-order valence-electron chi connectivity index (χ1n) is 9.21. The Balaban J connectivity index is 1.73. The second kappa shape index (κ2) is 6.17. The van der Waals surface area contributed by atoms with Gasteiger partial charge in [-0.1, -0.05) is 24.3 Å². The van der Waals surface area contributed by atoms with Gasteiger partial charge in [-0.2, -0.15) is 0 Å². The number of benzene rings is 2. The van der Waals surface area contributed by atoms with Crippen molar-refractivity contribution in [1.29, 1.82) is 0 Å². The summed E-state index contributed by atoms with van der Waals surface area (Å²) in [4.78, 5) is 27.6. The molecule has 28 heavy (non-hydrogen) atoms. The number of hydrogen-bond donors (Lipinski definition) is 0. The molecule has 0 bridgehead atoms. The van der Waals surface area contributed by atoms with E-state index in [0.717, 1.165) is 22.0 Å². The van der Waals surface area contributed by atoms with E-state index in [4.69, 9.17) is 0 Å². The lowest BCUT2D eigenvalue weighted by molar-refractivity contribution is -0.123. The number of fused-ring (bicyclic) bond motifs is 1. The third-order valence-corrected chi connectivity index (χ3v) is 7.36. The van der Waals surface area contributed by atoms with Gasteiger partial charge in [-0.3, -0.25) is 9.59 Å². The van der Waals surface area contributed by atoms with Crippen molar-refractivity contribution in [2.45, 2.75) is 33.2 Å². The predicted octanol–water partition coefficient (Wildman–Crippen LogP) is 2.98. The number of para-hydroxylation sites is 1. The Morgan fingerprint density at radius 1 is 1.11 bits per heavy atom. The maximum atomic E-state index is 13.2. The summed E-state index contributed by atoms with van der Waals surface area (Å²) in [6, 6.07) is 14.1. The van der Waals surface area contributed by atoms with Crippen LogP contribution in [0, 0.1) is 5.41 Å². The molecular weight excluding hydrogens is 376 g/mol. The number of carbonyl (C=O) groups is 2. The SMILES string of the molecule is CC1Cc2ccccc2N1C(=O)c1cccc(N2C(=O)C(C)(C)CS2(=O)=O)c1. The Morgan fingerprint density at radius 3 is 2.50 bits per heavy atom. The highest BCUT2D eigenvalue weighted by Gasteiger charge is 2.50. The third kappa shape index (κ3) is 2.81. The summed E-state index contributed by atoms with van der Waals surface area (Å²) in [7, 11) is -3.76. The highest BCUT2D eigenvalue weighted by molar-refractivity contribution is 7.94. The second-order valence-corrected chi connectivity index (χ2v) is 9.93. The van der Waals surface area contributed by atoms with Crippen LogP contribution in [0.15, 0.2) is 48.5 Å². The van der Waals surface area contributed by atoms with E-state index < -0.39 is 21.3 Å². The molecule has 2 aromatic carbocycles. The van der Waals surface area contributed by atoms with Gasteiger partial charge in [0.05, 0.1) is 16.9 Å².